The summed E-state index contributed by atoms with van der Waals surface area (Å²) < 4.78 is 11.9. The topological polar surface area (TPSA) is 130 Å². The molecule has 3 N–H and O–H groups in total. The van der Waals surface area contributed by atoms with Gasteiger partial charge in [-0.25, -0.2) is 4.79 Å². The molecule has 0 amide bonds. The Hall–Kier alpha value is -3.07. The Morgan fingerprint density at radius 3 is 2.31 bits per heavy atom. The number of Topliss-reactive ketones (excluding diaryl/α,β-unsaturated/α-hetero) is 1. The van der Waals surface area contributed by atoms with Crippen molar-refractivity contribution in [2.45, 2.75) is 164 Å². The molecule has 0 aromatic rings. The van der Waals surface area contributed by atoms with Crippen molar-refractivity contribution >= 4 is 17.7 Å². The summed E-state index contributed by atoms with van der Waals surface area (Å²) in [5, 5.41) is 30.0. The number of allylic oxidation sites excluding steroid dienone is 8. The third-order valence-electron chi connectivity index (χ3n) is 9.38. The van der Waals surface area contributed by atoms with Crippen LogP contribution in [0.25, 0.3) is 0 Å². The van der Waals surface area contributed by atoms with Crippen LogP contribution in [0.5, 0.6) is 0 Å². The monoisotopic (exact) mass is 712 g/mol. The lowest BCUT2D eigenvalue weighted by atomic mass is 9.89. The Morgan fingerprint density at radius 1 is 1.00 bits per heavy atom. The molecule has 0 saturated carbocycles. The molecule has 0 aliphatic carbocycles. The number of carbonyl (C=O) groups is 3. The van der Waals surface area contributed by atoms with E-state index in [2.05, 4.69) is 26.8 Å². The van der Waals surface area contributed by atoms with Crippen LogP contribution in [-0.4, -0.2) is 63.6 Å². The molecule has 8 nitrogen and oxygen atoms in total. The molecule has 0 saturated heterocycles. The molecule has 1 heterocycles. The molecule has 51 heavy (non-hydrogen) atoms. The van der Waals surface area contributed by atoms with E-state index in [4.69, 9.17) is 9.47 Å². The molecule has 1 aliphatic rings. The lowest BCUT2D eigenvalue weighted by molar-refractivity contribution is -0.152. The summed E-state index contributed by atoms with van der Waals surface area (Å²) in [6.07, 6.45) is 15.6. The summed E-state index contributed by atoms with van der Waals surface area (Å²) in [7, 11) is 0. The van der Waals surface area contributed by atoms with E-state index < -0.39 is 24.3 Å². The summed E-state index contributed by atoms with van der Waals surface area (Å²) >= 11 is 0. The van der Waals surface area contributed by atoms with Gasteiger partial charge in [-0.15, -0.1) is 0 Å². The van der Waals surface area contributed by atoms with Crippen LogP contribution in [0.1, 0.15) is 133 Å². The number of cyclic esters (lactones) is 1. The summed E-state index contributed by atoms with van der Waals surface area (Å²) in [6, 6.07) is 0. The molecular formula is C43H68O8. The van der Waals surface area contributed by atoms with Crippen molar-refractivity contribution in [3.05, 3.63) is 70.4 Å². The Morgan fingerprint density at radius 2 is 1.67 bits per heavy atom. The van der Waals surface area contributed by atoms with Gasteiger partial charge in [-0.3, -0.25) is 9.59 Å². The van der Waals surface area contributed by atoms with E-state index in [0.717, 1.165) is 40.7 Å². The second-order valence-corrected chi connectivity index (χ2v) is 15.1. The van der Waals surface area contributed by atoms with Crippen LogP contribution in [0.3, 0.4) is 0 Å². The highest BCUT2D eigenvalue weighted by molar-refractivity contribution is 5.82. The highest BCUT2D eigenvalue weighted by atomic mass is 16.5. The van der Waals surface area contributed by atoms with Gasteiger partial charge in [-0.05, 0) is 91.9 Å². The van der Waals surface area contributed by atoms with Gasteiger partial charge in [0.05, 0.1) is 18.3 Å². The van der Waals surface area contributed by atoms with Gasteiger partial charge in [0, 0.05) is 37.7 Å². The van der Waals surface area contributed by atoms with Gasteiger partial charge in [0.15, 0.2) is 0 Å². The fraction of sp³-hybridized carbons (Fsp3) is 0.651. The zero-order chi connectivity index (χ0) is 38.7. The van der Waals surface area contributed by atoms with Crippen LogP contribution in [0, 0.1) is 17.8 Å². The predicted molar refractivity (Wildman–Crippen MR) is 206 cm³/mol. The van der Waals surface area contributed by atoms with E-state index in [0.29, 0.717) is 38.5 Å². The normalized spacial score (nSPS) is 24.7. The number of aliphatic hydroxyl groups excluding tert-OH is 3. The van der Waals surface area contributed by atoms with Gasteiger partial charge >= 0.3 is 11.9 Å². The summed E-state index contributed by atoms with van der Waals surface area (Å²) in [5.74, 6) is -0.565. The van der Waals surface area contributed by atoms with Crippen molar-refractivity contribution in [2.24, 2.45) is 17.8 Å². The quantitative estimate of drug-likeness (QED) is 0.0592. The number of carbonyl (C=O) groups excluding carboxylic acids is 3. The van der Waals surface area contributed by atoms with Crippen LogP contribution in [-0.2, 0) is 23.9 Å². The van der Waals surface area contributed by atoms with Crippen molar-refractivity contribution in [3.8, 4) is 0 Å². The zero-order valence-corrected chi connectivity index (χ0v) is 33.1. The highest BCUT2D eigenvalue weighted by Gasteiger charge is 2.26. The molecule has 288 valence electrons. The Bertz CT molecular complexity index is 1300. The Kier molecular flexibility index (Phi) is 21.8. The van der Waals surface area contributed by atoms with Gasteiger partial charge in [-0.1, -0.05) is 92.0 Å². The molecule has 0 radical (unpaired) electrons. The van der Waals surface area contributed by atoms with Gasteiger partial charge in [-0.2, -0.15) is 0 Å². The molecule has 0 unspecified atom stereocenters. The fourth-order valence-corrected chi connectivity index (χ4v) is 6.47. The summed E-state index contributed by atoms with van der Waals surface area (Å²) in [4.78, 5) is 37.4. The number of rotatable bonds is 17. The van der Waals surface area contributed by atoms with Gasteiger partial charge in [0.25, 0.3) is 0 Å². The number of esters is 2. The molecule has 0 aromatic heterocycles. The SMILES string of the molecule is CCC(=O)C[C@H](O)C/C=C(C)/C=C(C)/C=C(C)/C=C/C(=O)O[C@H]1CCCC(=O)O[C@@H]([C@@H](C)C/C(C)=C/[C@@H](C)[C@H](O)C[C@@H](C)O)C/C=C(\C)C[C@@H]1C. The lowest BCUT2D eigenvalue weighted by Crippen LogP contribution is -2.28. The average molecular weight is 713 g/mol. The van der Waals surface area contributed by atoms with E-state index in [1.54, 1.807) is 19.9 Å². The molecule has 0 bridgehead atoms. The molecular weight excluding hydrogens is 644 g/mol. The number of ether oxygens (including phenoxy) is 2. The first kappa shape index (κ1) is 46.0. The molecule has 8 heteroatoms. The van der Waals surface area contributed by atoms with Crippen molar-refractivity contribution in [2.75, 3.05) is 0 Å². The average Bonchev–Trinajstić information content (AvgIpc) is 3.02. The second-order valence-electron chi connectivity index (χ2n) is 15.1. The van der Waals surface area contributed by atoms with Gasteiger partial charge in [0.1, 0.15) is 18.0 Å². The molecule has 1 aliphatic heterocycles. The molecule has 0 spiro atoms. The minimum atomic E-state index is -0.673. The van der Waals surface area contributed by atoms with Crippen LogP contribution < -0.4 is 0 Å². The number of aliphatic hydroxyl groups is 3. The first-order valence-corrected chi connectivity index (χ1v) is 18.9. The fourth-order valence-electron chi connectivity index (χ4n) is 6.47. The molecule has 8 atom stereocenters. The third kappa shape index (κ3) is 20.5. The maximum absolute atomic E-state index is 12.9. The molecule has 0 fully saturated rings. The van der Waals surface area contributed by atoms with E-state index in [1.807, 2.05) is 58.9 Å². The van der Waals surface area contributed by atoms with E-state index >= 15 is 0 Å². The maximum Gasteiger partial charge on any atom is 0.331 e. The van der Waals surface area contributed by atoms with E-state index in [9.17, 15) is 29.7 Å². The van der Waals surface area contributed by atoms with E-state index in [-0.39, 0.29) is 54.6 Å². The van der Waals surface area contributed by atoms with E-state index in [1.165, 1.54) is 6.08 Å². The van der Waals surface area contributed by atoms with Gasteiger partial charge in [0.2, 0.25) is 0 Å². The predicted octanol–water partition coefficient (Wildman–Crippen LogP) is 8.61. The van der Waals surface area contributed by atoms with Crippen molar-refractivity contribution in [3.63, 3.8) is 0 Å². The zero-order valence-electron chi connectivity index (χ0n) is 33.1. The highest BCUT2D eigenvalue weighted by Crippen LogP contribution is 2.27. The van der Waals surface area contributed by atoms with Crippen molar-refractivity contribution in [1.82, 2.24) is 0 Å². The lowest BCUT2D eigenvalue weighted by Gasteiger charge is -2.27. The Balaban J connectivity index is 2.87. The summed E-state index contributed by atoms with van der Waals surface area (Å²) in [6.45, 7) is 19.5. The minimum Gasteiger partial charge on any atom is -0.462 e. The molecule has 0 aromatic carbocycles. The first-order valence-electron chi connectivity index (χ1n) is 18.9. The smallest absolute Gasteiger partial charge is 0.331 e. The number of hydrogen-bond acceptors (Lipinski definition) is 8. The third-order valence-corrected chi connectivity index (χ3v) is 9.38. The van der Waals surface area contributed by atoms with Crippen LogP contribution >= 0.6 is 0 Å². The van der Waals surface area contributed by atoms with Gasteiger partial charge < -0.3 is 24.8 Å². The standard InChI is InChI=1S/C43H68O8/c1-11-37(45)27-38(46)18-15-28(2)21-31(5)22-29(3)17-20-43(49)50-40-13-12-14-42(48)51-41(19-16-30(4)23-34(40)8)35(9)25-32(6)24-33(7)39(47)26-36(10)44/h15-17,20-22,24,33-36,38-41,44,46-47H,11-14,18-19,23,25-27H2,1-10H3/b20-17+,28-15+,29-22+,30-16+,31-21+,32-24+/t33-,34+,35+,36-,38-,39-,40+,41-/m1/s1. The minimum absolute atomic E-state index is 0.0517. The number of hydrogen-bond donors (Lipinski definition) is 3. The second kappa shape index (κ2) is 24.2. The maximum atomic E-state index is 12.9. The summed E-state index contributed by atoms with van der Waals surface area (Å²) in [5.41, 5.74) is 5.13. The van der Waals surface area contributed by atoms with Crippen molar-refractivity contribution in [1.29, 1.82) is 0 Å². The van der Waals surface area contributed by atoms with Crippen molar-refractivity contribution < 1.29 is 39.2 Å². The number of ketones is 1. The Labute approximate surface area is 308 Å². The van der Waals surface area contributed by atoms with Crippen LogP contribution in [0.15, 0.2) is 70.4 Å². The van der Waals surface area contributed by atoms with Crippen LogP contribution in [0.2, 0.25) is 0 Å². The van der Waals surface area contributed by atoms with Crippen LogP contribution in [0.4, 0.5) is 0 Å². The largest absolute Gasteiger partial charge is 0.462 e. The molecule has 1 rings (SSSR count). The first-order chi connectivity index (χ1) is 23.9.